The molecule has 1 heterocycles. The van der Waals surface area contributed by atoms with Crippen molar-refractivity contribution in [2.45, 2.75) is 32.6 Å². The summed E-state index contributed by atoms with van der Waals surface area (Å²) in [6.07, 6.45) is 3.79. The quantitative estimate of drug-likeness (QED) is 0.897. The number of ketones is 1. The van der Waals surface area contributed by atoms with Gasteiger partial charge in [0.25, 0.3) is 0 Å². The Hall–Kier alpha value is -0.670. The second kappa shape index (κ2) is 7.20. The van der Waals surface area contributed by atoms with E-state index in [-0.39, 0.29) is 0 Å². The number of hydrogen-bond acceptors (Lipinski definition) is 2. The number of Topliss-reactive ketones (excluding diaryl/α,β-unsaturated/α-hetero) is 1. The van der Waals surface area contributed by atoms with Gasteiger partial charge >= 0.3 is 0 Å². The van der Waals surface area contributed by atoms with Crippen LogP contribution in [0.25, 0.3) is 0 Å². The molecule has 1 fully saturated rings. The Labute approximate surface area is 124 Å². The fourth-order valence-corrected chi connectivity index (χ4v) is 3.06. The summed E-state index contributed by atoms with van der Waals surface area (Å²) in [7, 11) is 0. The Kier molecular flexibility index (Phi) is 5.59. The van der Waals surface area contributed by atoms with Gasteiger partial charge in [-0.2, -0.15) is 0 Å². The van der Waals surface area contributed by atoms with Crippen LogP contribution < -0.4 is 5.32 Å². The molecule has 1 saturated heterocycles. The van der Waals surface area contributed by atoms with Crippen molar-refractivity contribution in [2.24, 2.45) is 11.8 Å². The zero-order chi connectivity index (χ0) is 13.7. The zero-order valence-corrected chi connectivity index (χ0v) is 13.1. The van der Waals surface area contributed by atoms with E-state index in [1.165, 1.54) is 12.8 Å². The van der Waals surface area contributed by atoms with Gasteiger partial charge in [0.05, 0.1) is 0 Å². The third-order valence-corrected chi connectivity index (χ3v) is 4.53. The van der Waals surface area contributed by atoms with Gasteiger partial charge in [0.15, 0.2) is 0 Å². The van der Waals surface area contributed by atoms with Crippen LogP contribution in [-0.4, -0.2) is 18.9 Å². The van der Waals surface area contributed by atoms with Crippen LogP contribution in [0.15, 0.2) is 28.7 Å². The minimum atomic E-state index is 0.361. The normalized spacial score (nSPS) is 21.1. The van der Waals surface area contributed by atoms with Crippen LogP contribution in [0.1, 0.15) is 31.7 Å². The van der Waals surface area contributed by atoms with Crippen molar-refractivity contribution in [3.63, 3.8) is 0 Å². The van der Waals surface area contributed by atoms with Crippen molar-refractivity contribution < 1.29 is 4.79 Å². The third kappa shape index (κ3) is 4.73. The summed E-state index contributed by atoms with van der Waals surface area (Å²) in [5, 5.41) is 3.43. The van der Waals surface area contributed by atoms with E-state index in [1.54, 1.807) is 0 Å². The maximum absolute atomic E-state index is 12.1. The minimum Gasteiger partial charge on any atom is -0.316 e. The number of hydrogen-bond donors (Lipinski definition) is 1. The first kappa shape index (κ1) is 14.7. The summed E-state index contributed by atoms with van der Waals surface area (Å²) in [5.74, 6) is 1.53. The number of nitrogens with one attached hydrogen (secondary N) is 1. The van der Waals surface area contributed by atoms with Crippen LogP contribution >= 0.6 is 15.9 Å². The van der Waals surface area contributed by atoms with Gasteiger partial charge in [0.1, 0.15) is 5.78 Å². The number of rotatable bonds is 5. The largest absolute Gasteiger partial charge is 0.316 e. The first-order valence-electron chi connectivity index (χ1n) is 7.12. The molecule has 2 atom stereocenters. The average molecular weight is 324 g/mol. The highest BCUT2D eigenvalue weighted by Crippen LogP contribution is 2.23. The number of carbonyl (C=O) groups is 1. The predicted octanol–water partition coefficient (Wildman–Crippen LogP) is 3.59. The first-order chi connectivity index (χ1) is 9.15. The second-order valence-electron chi connectivity index (χ2n) is 5.63. The minimum absolute atomic E-state index is 0.361. The van der Waals surface area contributed by atoms with E-state index >= 15 is 0 Å². The molecule has 2 rings (SSSR count). The SMILES string of the molecule is CC(CC(=O)Cc1ccc(Br)cc1)C1CCCNC1. The number of carbonyl (C=O) groups excluding carboxylic acids is 1. The Morgan fingerprint density at radius 3 is 2.79 bits per heavy atom. The molecule has 0 bridgehead atoms. The van der Waals surface area contributed by atoms with Gasteiger partial charge in [0, 0.05) is 17.3 Å². The molecule has 1 aliphatic rings. The number of halogens is 1. The predicted molar refractivity (Wildman–Crippen MR) is 82.2 cm³/mol. The molecule has 0 aromatic heterocycles. The molecule has 0 amide bonds. The van der Waals surface area contributed by atoms with Gasteiger partial charge in [0.2, 0.25) is 0 Å². The number of benzene rings is 1. The van der Waals surface area contributed by atoms with Gasteiger partial charge in [-0.1, -0.05) is 35.0 Å². The van der Waals surface area contributed by atoms with Gasteiger partial charge in [-0.25, -0.2) is 0 Å². The summed E-state index contributed by atoms with van der Waals surface area (Å²) < 4.78 is 1.06. The highest BCUT2D eigenvalue weighted by atomic mass is 79.9. The van der Waals surface area contributed by atoms with Crippen LogP contribution in [-0.2, 0) is 11.2 Å². The molecule has 0 saturated carbocycles. The lowest BCUT2D eigenvalue weighted by Crippen LogP contribution is -2.34. The highest BCUT2D eigenvalue weighted by molar-refractivity contribution is 9.10. The highest BCUT2D eigenvalue weighted by Gasteiger charge is 2.21. The van der Waals surface area contributed by atoms with Crippen LogP contribution in [0.4, 0.5) is 0 Å². The van der Waals surface area contributed by atoms with Crippen LogP contribution in [0.5, 0.6) is 0 Å². The van der Waals surface area contributed by atoms with E-state index in [2.05, 4.69) is 28.2 Å². The summed E-state index contributed by atoms with van der Waals surface area (Å²) in [5.41, 5.74) is 1.11. The average Bonchev–Trinajstić information content (AvgIpc) is 2.42. The van der Waals surface area contributed by atoms with Crippen molar-refractivity contribution in [3.8, 4) is 0 Å². The van der Waals surface area contributed by atoms with Crippen molar-refractivity contribution in [3.05, 3.63) is 34.3 Å². The van der Waals surface area contributed by atoms with Gasteiger partial charge < -0.3 is 5.32 Å². The first-order valence-corrected chi connectivity index (χ1v) is 7.91. The van der Waals surface area contributed by atoms with E-state index in [0.29, 0.717) is 30.5 Å². The molecule has 3 heteroatoms. The summed E-state index contributed by atoms with van der Waals surface area (Å²) in [6, 6.07) is 8.04. The van der Waals surface area contributed by atoms with Crippen LogP contribution in [0.3, 0.4) is 0 Å². The van der Waals surface area contributed by atoms with Crippen molar-refractivity contribution >= 4 is 21.7 Å². The molecule has 1 N–H and O–H groups in total. The fourth-order valence-electron chi connectivity index (χ4n) is 2.79. The fraction of sp³-hybridized carbons (Fsp3) is 0.562. The van der Waals surface area contributed by atoms with Gasteiger partial charge in [-0.15, -0.1) is 0 Å². The van der Waals surface area contributed by atoms with Crippen LogP contribution in [0.2, 0.25) is 0 Å². The summed E-state index contributed by atoms with van der Waals surface area (Å²) in [4.78, 5) is 12.1. The maximum Gasteiger partial charge on any atom is 0.137 e. The van der Waals surface area contributed by atoms with E-state index in [0.717, 1.165) is 23.1 Å². The molecule has 1 aromatic rings. The topological polar surface area (TPSA) is 29.1 Å². The molecule has 0 spiro atoms. The molecule has 2 nitrogen and oxygen atoms in total. The monoisotopic (exact) mass is 323 g/mol. The zero-order valence-electron chi connectivity index (χ0n) is 11.5. The Morgan fingerprint density at radius 1 is 1.42 bits per heavy atom. The lowest BCUT2D eigenvalue weighted by molar-refractivity contribution is -0.119. The molecule has 1 aliphatic heterocycles. The van der Waals surface area contributed by atoms with Crippen molar-refractivity contribution in [1.82, 2.24) is 5.32 Å². The molecular weight excluding hydrogens is 302 g/mol. The Balaban J connectivity index is 1.81. The standard InChI is InChI=1S/C16H22BrNO/c1-12(14-3-2-8-18-11-14)9-16(19)10-13-4-6-15(17)7-5-13/h4-7,12,14,18H,2-3,8-11H2,1H3. The van der Waals surface area contributed by atoms with Gasteiger partial charge in [-0.3, -0.25) is 4.79 Å². The molecule has 0 radical (unpaired) electrons. The van der Waals surface area contributed by atoms with Gasteiger partial charge in [-0.05, 0) is 55.5 Å². The maximum atomic E-state index is 12.1. The number of piperidine rings is 1. The molecule has 0 aliphatic carbocycles. The lowest BCUT2D eigenvalue weighted by atomic mass is 9.84. The van der Waals surface area contributed by atoms with E-state index in [1.807, 2.05) is 24.3 Å². The Morgan fingerprint density at radius 2 is 2.16 bits per heavy atom. The van der Waals surface area contributed by atoms with E-state index in [4.69, 9.17) is 0 Å². The summed E-state index contributed by atoms with van der Waals surface area (Å²) >= 11 is 3.41. The smallest absolute Gasteiger partial charge is 0.137 e. The summed E-state index contributed by atoms with van der Waals surface area (Å²) in [6.45, 7) is 4.43. The van der Waals surface area contributed by atoms with E-state index < -0.39 is 0 Å². The van der Waals surface area contributed by atoms with Crippen LogP contribution in [0, 0.1) is 11.8 Å². The molecule has 104 valence electrons. The lowest BCUT2D eigenvalue weighted by Gasteiger charge is -2.28. The Bertz CT molecular complexity index is 409. The third-order valence-electron chi connectivity index (χ3n) is 4.00. The molecule has 2 unspecified atom stereocenters. The molecular formula is C16H22BrNO. The van der Waals surface area contributed by atoms with E-state index in [9.17, 15) is 4.79 Å². The molecule has 19 heavy (non-hydrogen) atoms. The molecule has 1 aromatic carbocycles. The second-order valence-corrected chi connectivity index (χ2v) is 6.55. The van der Waals surface area contributed by atoms with Crippen molar-refractivity contribution in [2.75, 3.05) is 13.1 Å². The van der Waals surface area contributed by atoms with Crippen molar-refractivity contribution in [1.29, 1.82) is 0 Å².